The molecule has 2 aliphatic heterocycles. The van der Waals surface area contributed by atoms with Crippen molar-refractivity contribution in [2.24, 2.45) is 0 Å². The van der Waals surface area contributed by atoms with E-state index in [2.05, 4.69) is 14.9 Å². The second kappa shape index (κ2) is 7.75. The highest BCUT2D eigenvalue weighted by Gasteiger charge is 2.36. The van der Waals surface area contributed by atoms with E-state index in [1.807, 2.05) is 36.1 Å². The summed E-state index contributed by atoms with van der Waals surface area (Å²) < 4.78 is 5.31. The number of aryl methyl sites for hydroxylation is 1. The van der Waals surface area contributed by atoms with Gasteiger partial charge >= 0.3 is 0 Å². The number of aromatic nitrogens is 3. The van der Waals surface area contributed by atoms with Crippen LogP contribution in [0.4, 0.5) is 5.13 Å². The number of rotatable bonds is 4. The van der Waals surface area contributed by atoms with E-state index in [1.165, 1.54) is 24.2 Å². The monoisotopic (exact) mass is 423 g/mol. The van der Waals surface area contributed by atoms with E-state index in [-0.39, 0.29) is 11.9 Å². The Kier molecular flexibility index (Phi) is 4.94. The molecule has 30 heavy (non-hydrogen) atoms. The van der Waals surface area contributed by atoms with Crippen molar-refractivity contribution in [3.63, 3.8) is 0 Å². The van der Waals surface area contributed by atoms with Crippen molar-refractivity contribution in [2.75, 3.05) is 31.6 Å². The fourth-order valence-corrected chi connectivity index (χ4v) is 5.45. The molecule has 0 radical (unpaired) electrons. The molecule has 0 aliphatic carbocycles. The van der Waals surface area contributed by atoms with Gasteiger partial charge in [0.05, 0.1) is 24.8 Å². The van der Waals surface area contributed by atoms with E-state index in [0.717, 1.165) is 57.9 Å². The van der Waals surface area contributed by atoms with Crippen LogP contribution in [-0.4, -0.2) is 52.5 Å². The predicted octanol–water partition coefficient (Wildman–Crippen LogP) is 3.57. The Balaban J connectivity index is 1.51. The van der Waals surface area contributed by atoms with Gasteiger partial charge in [-0.05, 0) is 37.5 Å². The van der Waals surface area contributed by atoms with Crippen molar-refractivity contribution < 1.29 is 9.53 Å². The molecule has 1 N–H and O–H groups in total. The Hall–Kier alpha value is -2.87. The highest BCUT2D eigenvalue weighted by Crippen LogP contribution is 2.37. The van der Waals surface area contributed by atoms with Gasteiger partial charge in [-0.2, -0.15) is 0 Å². The maximum Gasteiger partial charge on any atom is 0.266 e. The first-order valence-corrected chi connectivity index (χ1v) is 11.2. The largest absolute Gasteiger partial charge is 0.497 e. The molecular formula is C22H25N5O2S. The molecule has 1 saturated heterocycles. The number of amides is 1. The third-order valence-electron chi connectivity index (χ3n) is 5.97. The average Bonchev–Trinajstić information content (AvgIpc) is 3.53. The summed E-state index contributed by atoms with van der Waals surface area (Å²) in [5.74, 6) is 0.827. The number of imidazole rings is 1. The molecule has 1 amide bonds. The van der Waals surface area contributed by atoms with Crippen molar-refractivity contribution in [3.8, 4) is 5.75 Å². The molecule has 1 fully saturated rings. The van der Waals surface area contributed by atoms with Crippen molar-refractivity contribution in [1.29, 1.82) is 0 Å². The van der Waals surface area contributed by atoms with Crippen molar-refractivity contribution >= 4 is 22.4 Å². The number of hydrogen-bond acceptors (Lipinski definition) is 6. The van der Waals surface area contributed by atoms with Gasteiger partial charge in [-0.1, -0.05) is 23.5 Å². The zero-order valence-corrected chi connectivity index (χ0v) is 18.0. The molecule has 3 aromatic rings. The molecular weight excluding hydrogens is 398 g/mol. The number of methoxy groups -OCH3 is 1. The first kappa shape index (κ1) is 19.1. The second-order valence-corrected chi connectivity index (χ2v) is 8.77. The van der Waals surface area contributed by atoms with Gasteiger partial charge in [0.2, 0.25) is 0 Å². The molecule has 156 valence electrons. The Morgan fingerprint density at radius 1 is 1.20 bits per heavy atom. The van der Waals surface area contributed by atoms with Crippen LogP contribution in [0, 0.1) is 6.92 Å². The molecule has 1 aromatic carbocycles. The zero-order chi connectivity index (χ0) is 20.7. The fourth-order valence-electron chi connectivity index (χ4n) is 4.37. The summed E-state index contributed by atoms with van der Waals surface area (Å²) in [5, 5.41) is 0.965. The summed E-state index contributed by atoms with van der Waals surface area (Å²) in [6, 6.07) is 7.67. The number of aromatic amines is 1. The van der Waals surface area contributed by atoms with Crippen LogP contribution in [0.3, 0.4) is 0 Å². The molecule has 1 atom stereocenters. The molecule has 0 unspecified atom stereocenters. The summed E-state index contributed by atoms with van der Waals surface area (Å²) >= 11 is 1.52. The van der Waals surface area contributed by atoms with Crippen LogP contribution in [-0.2, 0) is 6.42 Å². The lowest BCUT2D eigenvalue weighted by Crippen LogP contribution is -2.40. The van der Waals surface area contributed by atoms with Crippen LogP contribution >= 0.6 is 11.3 Å². The van der Waals surface area contributed by atoms with E-state index >= 15 is 0 Å². The number of carbonyl (C=O) groups is 1. The predicted molar refractivity (Wildman–Crippen MR) is 116 cm³/mol. The van der Waals surface area contributed by atoms with E-state index in [9.17, 15) is 4.79 Å². The molecule has 5 rings (SSSR count). The normalized spacial score (nSPS) is 18.5. The van der Waals surface area contributed by atoms with Crippen molar-refractivity contribution in [3.05, 3.63) is 58.1 Å². The van der Waals surface area contributed by atoms with E-state index in [1.54, 1.807) is 13.4 Å². The molecule has 0 spiro atoms. The Morgan fingerprint density at radius 2 is 1.97 bits per heavy atom. The van der Waals surface area contributed by atoms with Gasteiger partial charge in [-0.3, -0.25) is 4.79 Å². The van der Waals surface area contributed by atoms with Gasteiger partial charge in [-0.25, -0.2) is 9.97 Å². The number of nitrogens with one attached hydrogen (secondary N) is 1. The Morgan fingerprint density at radius 3 is 2.70 bits per heavy atom. The SMILES string of the molecule is COc1ccc([C@@H]2c3nc[nH]c3CCN2C(=O)c2sc(N3CCCC3)nc2C)cc1. The molecule has 2 aromatic heterocycles. The number of carbonyl (C=O) groups excluding carboxylic acids is 1. The molecule has 0 bridgehead atoms. The summed E-state index contributed by atoms with van der Waals surface area (Å²) in [6.07, 6.45) is 4.87. The second-order valence-electron chi connectivity index (χ2n) is 7.80. The number of thiazole rings is 1. The molecule has 7 nitrogen and oxygen atoms in total. The van der Waals surface area contributed by atoms with Crippen molar-refractivity contribution in [1.82, 2.24) is 19.9 Å². The van der Waals surface area contributed by atoms with E-state index in [4.69, 9.17) is 9.72 Å². The Bertz CT molecular complexity index is 1050. The van der Waals surface area contributed by atoms with Crippen LogP contribution in [0.2, 0.25) is 0 Å². The van der Waals surface area contributed by atoms with Gasteiger partial charge in [0.15, 0.2) is 5.13 Å². The van der Waals surface area contributed by atoms with Crippen LogP contribution in [0.25, 0.3) is 0 Å². The number of H-pyrrole nitrogens is 1. The van der Waals surface area contributed by atoms with Gasteiger partial charge in [-0.15, -0.1) is 0 Å². The lowest BCUT2D eigenvalue weighted by Gasteiger charge is -2.35. The standard InChI is InChI=1S/C22H25N5O2S/c1-14-20(30-22(25-14)26-10-3-4-11-26)21(28)27-12-9-17-18(24-13-23-17)19(27)15-5-7-16(29-2)8-6-15/h5-8,13,19H,3-4,9-12H2,1-2H3,(H,23,24)/t19-/m1/s1. The first-order chi connectivity index (χ1) is 14.7. The highest BCUT2D eigenvalue weighted by molar-refractivity contribution is 7.17. The Labute approximate surface area is 179 Å². The summed E-state index contributed by atoms with van der Waals surface area (Å²) in [7, 11) is 1.65. The lowest BCUT2D eigenvalue weighted by atomic mass is 9.95. The van der Waals surface area contributed by atoms with Gasteiger partial charge in [0.25, 0.3) is 5.91 Å². The summed E-state index contributed by atoms with van der Waals surface area (Å²) in [5.41, 5.74) is 3.85. The minimum Gasteiger partial charge on any atom is -0.497 e. The fraction of sp³-hybridized carbons (Fsp3) is 0.409. The highest BCUT2D eigenvalue weighted by atomic mass is 32.1. The maximum atomic E-state index is 13.7. The number of fused-ring (bicyclic) bond motifs is 1. The van der Waals surface area contributed by atoms with Gasteiger partial charge < -0.3 is 19.5 Å². The number of benzene rings is 1. The number of hydrogen-bond donors (Lipinski definition) is 1. The van der Waals surface area contributed by atoms with Gasteiger partial charge in [0.1, 0.15) is 16.7 Å². The van der Waals surface area contributed by atoms with E-state index in [0.29, 0.717) is 6.54 Å². The first-order valence-electron chi connectivity index (χ1n) is 10.3. The van der Waals surface area contributed by atoms with Gasteiger partial charge in [0, 0.05) is 31.7 Å². The van der Waals surface area contributed by atoms with Crippen molar-refractivity contribution in [2.45, 2.75) is 32.2 Å². The minimum absolute atomic E-state index is 0.0323. The number of nitrogens with zero attached hydrogens (tertiary/aromatic N) is 4. The van der Waals surface area contributed by atoms with E-state index < -0.39 is 0 Å². The van der Waals surface area contributed by atoms with Crippen LogP contribution in [0.5, 0.6) is 5.75 Å². The minimum atomic E-state index is -0.227. The lowest BCUT2D eigenvalue weighted by molar-refractivity contribution is 0.0694. The smallest absolute Gasteiger partial charge is 0.266 e. The topological polar surface area (TPSA) is 74.3 Å². The average molecular weight is 424 g/mol. The summed E-state index contributed by atoms with van der Waals surface area (Å²) in [6.45, 7) is 4.63. The molecule has 2 aliphatic rings. The summed E-state index contributed by atoms with van der Waals surface area (Å²) in [4.78, 5) is 31.2. The van der Waals surface area contributed by atoms with Crippen LogP contribution in [0.15, 0.2) is 30.6 Å². The third-order valence-corrected chi connectivity index (χ3v) is 7.18. The zero-order valence-electron chi connectivity index (χ0n) is 17.2. The molecule has 0 saturated carbocycles. The van der Waals surface area contributed by atoms with Crippen LogP contribution < -0.4 is 9.64 Å². The molecule has 4 heterocycles. The maximum absolute atomic E-state index is 13.7. The van der Waals surface area contributed by atoms with Crippen LogP contribution in [0.1, 0.15) is 51.2 Å². The number of anilines is 1. The molecule has 8 heteroatoms. The third kappa shape index (κ3) is 3.25. The quantitative estimate of drug-likeness (QED) is 0.694. The number of ether oxygens (including phenoxy) is 1.